The highest BCUT2D eigenvalue weighted by atomic mass is 32.2. The predicted molar refractivity (Wildman–Crippen MR) is 120 cm³/mol. The molecule has 162 valence electrons. The highest BCUT2D eigenvalue weighted by Crippen LogP contribution is 2.22. The molecule has 31 heavy (non-hydrogen) atoms. The van der Waals surface area contributed by atoms with E-state index >= 15 is 0 Å². The molecule has 1 amide bonds. The number of anilines is 2. The minimum atomic E-state index is -3.73. The second-order valence-electron chi connectivity index (χ2n) is 6.83. The molecule has 0 radical (unpaired) electrons. The molecule has 0 aliphatic carbocycles. The fourth-order valence-electron chi connectivity index (χ4n) is 2.81. The van der Waals surface area contributed by atoms with Crippen LogP contribution in [0.2, 0.25) is 0 Å². The van der Waals surface area contributed by atoms with Crippen molar-refractivity contribution in [2.24, 2.45) is 0 Å². The average Bonchev–Trinajstić information content (AvgIpc) is 2.78. The van der Waals surface area contributed by atoms with Crippen LogP contribution in [0.3, 0.4) is 0 Å². The van der Waals surface area contributed by atoms with Crippen molar-refractivity contribution in [3.05, 3.63) is 78.4 Å². The van der Waals surface area contributed by atoms with Gasteiger partial charge in [-0.3, -0.25) is 9.52 Å². The van der Waals surface area contributed by atoms with Gasteiger partial charge in [0.2, 0.25) is 0 Å². The fraction of sp³-hybridized carbons (Fsp3) is 0.174. The molecular weight excluding hydrogens is 416 g/mol. The van der Waals surface area contributed by atoms with Crippen molar-refractivity contribution < 1.29 is 22.7 Å². The van der Waals surface area contributed by atoms with Crippen LogP contribution in [0.25, 0.3) is 0 Å². The molecule has 0 aliphatic heterocycles. The van der Waals surface area contributed by atoms with E-state index in [-0.39, 0.29) is 17.4 Å². The molecular formula is C23H24N2O5S. The lowest BCUT2D eigenvalue weighted by Gasteiger charge is -2.18. The zero-order chi connectivity index (χ0) is 22.4. The number of aryl methyl sites for hydroxylation is 1. The van der Waals surface area contributed by atoms with Crippen LogP contribution in [0.1, 0.15) is 5.56 Å². The number of methoxy groups -OCH3 is 1. The number of nitrogens with one attached hydrogen (secondary N) is 1. The van der Waals surface area contributed by atoms with Gasteiger partial charge in [-0.05, 0) is 55.0 Å². The molecule has 3 aromatic carbocycles. The first-order valence-corrected chi connectivity index (χ1v) is 11.0. The second-order valence-corrected chi connectivity index (χ2v) is 8.52. The van der Waals surface area contributed by atoms with Crippen LogP contribution in [-0.4, -0.2) is 35.1 Å². The van der Waals surface area contributed by atoms with E-state index in [1.165, 1.54) is 29.2 Å². The van der Waals surface area contributed by atoms with Crippen molar-refractivity contribution in [1.82, 2.24) is 0 Å². The zero-order valence-corrected chi connectivity index (χ0v) is 18.3. The van der Waals surface area contributed by atoms with Gasteiger partial charge in [-0.1, -0.05) is 24.3 Å². The molecule has 0 spiro atoms. The molecule has 0 bridgehead atoms. The van der Waals surface area contributed by atoms with Crippen LogP contribution in [0, 0.1) is 6.92 Å². The third kappa shape index (κ3) is 5.55. The quantitative estimate of drug-likeness (QED) is 0.575. The number of benzene rings is 3. The van der Waals surface area contributed by atoms with Gasteiger partial charge in [0.1, 0.15) is 11.5 Å². The van der Waals surface area contributed by atoms with E-state index in [0.29, 0.717) is 22.9 Å². The number of para-hydroxylation sites is 1. The molecule has 3 rings (SSSR count). The summed E-state index contributed by atoms with van der Waals surface area (Å²) in [5.74, 6) is 0.780. The lowest BCUT2D eigenvalue weighted by atomic mass is 10.2. The summed E-state index contributed by atoms with van der Waals surface area (Å²) in [7, 11) is -0.526. The van der Waals surface area contributed by atoms with Gasteiger partial charge in [-0.15, -0.1) is 0 Å². The van der Waals surface area contributed by atoms with E-state index in [2.05, 4.69) is 4.72 Å². The summed E-state index contributed by atoms with van der Waals surface area (Å²) in [6, 6.07) is 20.2. The Hall–Kier alpha value is -3.52. The monoisotopic (exact) mass is 440 g/mol. The topological polar surface area (TPSA) is 84.9 Å². The molecule has 0 aromatic heterocycles. The molecule has 0 aliphatic rings. The Morgan fingerprint density at radius 1 is 0.968 bits per heavy atom. The summed E-state index contributed by atoms with van der Waals surface area (Å²) in [5.41, 5.74) is 2.02. The molecule has 0 saturated heterocycles. The summed E-state index contributed by atoms with van der Waals surface area (Å²) in [6.07, 6.45) is 0. The third-order valence-electron chi connectivity index (χ3n) is 4.70. The number of carbonyl (C=O) groups excluding carboxylic acids is 1. The summed E-state index contributed by atoms with van der Waals surface area (Å²) >= 11 is 0. The van der Waals surface area contributed by atoms with Gasteiger partial charge in [-0.2, -0.15) is 0 Å². The van der Waals surface area contributed by atoms with Gasteiger partial charge in [0.05, 0.1) is 17.7 Å². The van der Waals surface area contributed by atoms with Crippen LogP contribution in [0.5, 0.6) is 11.5 Å². The molecule has 1 N–H and O–H groups in total. The number of likely N-dealkylation sites (N-methyl/N-ethyl adjacent to an activating group) is 1. The highest BCUT2D eigenvalue weighted by Gasteiger charge is 2.16. The van der Waals surface area contributed by atoms with Crippen molar-refractivity contribution in [2.75, 3.05) is 30.4 Å². The smallest absolute Gasteiger partial charge is 0.264 e. The van der Waals surface area contributed by atoms with E-state index in [1.54, 1.807) is 50.6 Å². The van der Waals surface area contributed by atoms with Gasteiger partial charge < -0.3 is 14.4 Å². The van der Waals surface area contributed by atoms with Crippen molar-refractivity contribution >= 4 is 27.3 Å². The van der Waals surface area contributed by atoms with E-state index in [0.717, 1.165) is 5.56 Å². The maximum absolute atomic E-state index is 12.6. The lowest BCUT2D eigenvalue weighted by molar-refractivity contribution is -0.120. The Morgan fingerprint density at radius 2 is 1.68 bits per heavy atom. The summed E-state index contributed by atoms with van der Waals surface area (Å²) in [6.45, 7) is 1.63. The number of rotatable bonds is 8. The minimum Gasteiger partial charge on any atom is -0.497 e. The Labute approximate surface area is 182 Å². The van der Waals surface area contributed by atoms with Crippen molar-refractivity contribution in [1.29, 1.82) is 0 Å². The summed E-state index contributed by atoms with van der Waals surface area (Å²) in [4.78, 5) is 14.0. The summed E-state index contributed by atoms with van der Waals surface area (Å²) < 4.78 is 38.5. The average molecular weight is 441 g/mol. The first kappa shape index (κ1) is 22.2. The van der Waals surface area contributed by atoms with Crippen LogP contribution >= 0.6 is 0 Å². The maximum atomic E-state index is 12.6. The number of ether oxygens (including phenoxy) is 2. The van der Waals surface area contributed by atoms with Crippen LogP contribution in [0.4, 0.5) is 11.4 Å². The fourth-order valence-corrected chi connectivity index (χ4v) is 3.94. The molecule has 0 fully saturated rings. The molecule has 7 nitrogen and oxygen atoms in total. The second kappa shape index (κ2) is 9.53. The third-order valence-corrected chi connectivity index (χ3v) is 6.08. The summed E-state index contributed by atoms with van der Waals surface area (Å²) in [5, 5.41) is 0. The van der Waals surface area contributed by atoms with E-state index in [9.17, 15) is 13.2 Å². The number of hydrogen-bond acceptors (Lipinski definition) is 5. The van der Waals surface area contributed by atoms with Crippen molar-refractivity contribution in [3.8, 4) is 11.5 Å². The van der Waals surface area contributed by atoms with Gasteiger partial charge in [0, 0.05) is 18.8 Å². The van der Waals surface area contributed by atoms with Crippen LogP contribution < -0.4 is 19.1 Å². The Bertz CT molecular complexity index is 1160. The van der Waals surface area contributed by atoms with Crippen LogP contribution in [0.15, 0.2) is 77.7 Å². The Balaban J connectivity index is 1.62. The SMILES string of the molecule is COc1cccc(N(C)C(=O)COc2ccc(S(=O)(=O)Nc3ccccc3C)cc2)c1. The molecule has 0 atom stereocenters. The Morgan fingerprint density at radius 3 is 2.35 bits per heavy atom. The van der Waals surface area contributed by atoms with Gasteiger partial charge in [0.25, 0.3) is 15.9 Å². The number of carbonyl (C=O) groups is 1. The molecule has 0 saturated carbocycles. The predicted octanol–water partition coefficient (Wildman–Crippen LogP) is 3.85. The van der Waals surface area contributed by atoms with E-state index < -0.39 is 10.0 Å². The lowest BCUT2D eigenvalue weighted by Crippen LogP contribution is -2.31. The molecule has 0 heterocycles. The van der Waals surface area contributed by atoms with Crippen molar-refractivity contribution in [3.63, 3.8) is 0 Å². The minimum absolute atomic E-state index is 0.0999. The molecule has 0 unspecified atom stereocenters. The number of hydrogen-bond donors (Lipinski definition) is 1. The van der Waals surface area contributed by atoms with Crippen LogP contribution in [-0.2, 0) is 14.8 Å². The first-order valence-electron chi connectivity index (χ1n) is 9.52. The number of sulfonamides is 1. The van der Waals surface area contributed by atoms with Gasteiger partial charge in [0.15, 0.2) is 6.61 Å². The zero-order valence-electron chi connectivity index (χ0n) is 17.5. The Kier molecular flexibility index (Phi) is 6.81. The van der Waals surface area contributed by atoms with Gasteiger partial charge in [-0.25, -0.2) is 8.42 Å². The molecule has 3 aromatic rings. The number of amides is 1. The normalized spacial score (nSPS) is 10.9. The highest BCUT2D eigenvalue weighted by molar-refractivity contribution is 7.92. The first-order chi connectivity index (χ1) is 14.8. The van der Waals surface area contributed by atoms with Gasteiger partial charge >= 0.3 is 0 Å². The largest absolute Gasteiger partial charge is 0.497 e. The van der Waals surface area contributed by atoms with Crippen molar-refractivity contribution in [2.45, 2.75) is 11.8 Å². The maximum Gasteiger partial charge on any atom is 0.264 e. The molecule has 8 heteroatoms. The van der Waals surface area contributed by atoms with E-state index in [1.807, 2.05) is 19.1 Å². The number of nitrogens with zero attached hydrogens (tertiary/aromatic N) is 1. The standard InChI is InChI=1S/C23H24N2O5S/c1-17-7-4-5-10-22(17)24-31(27,28)21-13-11-19(12-14-21)30-16-23(26)25(2)18-8-6-9-20(15-18)29-3/h4-15,24H,16H2,1-3H3. The van der Waals surface area contributed by atoms with E-state index in [4.69, 9.17) is 9.47 Å².